The number of hydrogen-bond acceptors (Lipinski definition) is 6. The minimum Gasteiger partial charge on any atom is -0.497 e. The van der Waals surface area contributed by atoms with Gasteiger partial charge in [-0.15, -0.1) is 11.3 Å². The van der Waals surface area contributed by atoms with Gasteiger partial charge in [-0.05, 0) is 48.9 Å². The lowest BCUT2D eigenvalue weighted by atomic mass is 9.97. The number of nitrogens with two attached hydrogens (primary N) is 1. The van der Waals surface area contributed by atoms with Crippen LogP contribution in [-0.4, -0.2) is 34.9 Å². The van der Waals surface area contributed by atoms with Crippen molar-refractivity contribution in [3.8, 4) is 5.75 Å². The number of hydrogen-bond donors (Lipinski definition) is 3. The normalized spacial score (nSPS) is 19.2. The molecule has 3 heterocycles. The molecule has 1 aliphatic heterocycles. The second-order valence-corrected chi connectivity index (χ2v) is 10.3. The first-order chi connectivity index (χ1) is 17.7. The molecular weight excluding hydrogens is 507 g/mol. The summed E-state index contributed by atoms with van der Waals surface area (Å²) in [6.07, 6.45) is -0.438. The van der Waals surface area contributed by atoms with E-state index in [4.69, 9.17) is 10.5 Å². The summed E-state index contributed by atoms with van der Waals surface area (Å²) in [6.45, 7) is 0. The van der Waals surface area contributed by atoms with Crippen molar-refractivity contribution in [2.75, 3.05) is 17.7 Å². The van der Waals surface area contributed by atoms with E-state index in [2.05, 4.69) is 15.7 Å². The molecule has 0 spiro atoms. The monoisotopic (exact) mass is 533 g/mol. The smallest absolute Gasteiger partial charge is 0.410 e. The van der Waals surface area contributed by atoms with Crippen molar-refractivity contribution in [2.45, 2.75) is 56.8 Å². The molecule has 37 heavy (non-hydrogen) atoms. The maximum atomic E-state index is 14.0. The summed E-state index contributed by atoms with van der Waals surface area (Å²) in [5.74, 6) is -0.668. The molecule has 3 aromatic rings. The quantitative estimate of drug-likeness (QED) is 0.389. The first kappa shape index (κ1) is 25.1. The number of rotatable bonds is 5. The van der Waals surface area contributed by atoms with Gasteiger partial charge in [0.25, 0.3) is 11.8 Å². The number of amides is 2. The molecule has 12 heteroatoms. The van der Waals surface area contributed by atoms with Crippen LogP contribution in [0.4, 0.5) is 24.0 Å². The predicted molar refractivity (Wildman–Crippen MR) is 133 cm³/mol. The molecule has 1 aliphatic carbocycles. The fraction of sp³-hybridized carbons (Fsp3) is 0.400. The van der Waals surface area contributed by atoms with Gasteiger partial charge in [-0.1, -0.05) is 18.6 Å². The Kier molecular flexibility index (Phi) is 6.61. The molecule has 0 saturated heterocycles. The maximum absolute atomic E-state index is 14.0. The Labute approximate surface area is 215 Å². The van der Waals surface area contributed by atoms with Crippen LogP contribution in [0.1, 0.15) is 74.6 Å². The number of methoxy groups -OCH3 is 1. The van der Waals surface area contributed by atoms with Crippen LogP contribution in [0.5, 0.6) is 5.75 Å². The number of carbonyl (C=O) groups excluding carboxylic acids is 2. The van der Waals surface area contributed by atoms with Gasteiger partial charge in [-0.3, -0.25) is 9.59 Å². The van der Waals surface area contributed by atoms with Crippen LogP contribution in [0.25, 0.3) is 0 Å². The number of primary amides is 1. The Bertz CT molecular complexity index is 1330. The third-order valence-electron chi connectivity index (χ3n) is 6.84. The fourth-order valence-electron chi connectivity index (χ4n) is 5.00. The summed E-state index contributed by atoms with van der Waals surface area (Å²) in [4.78, 5) is 26.3. The number of halogens is 3. The van der Waals surface area contributed by atoms with E-state index in [1.54, 1.807) is 24.3 Å². The second-order valence-electron chi connectivity index (χ2n) is 9.21. The molecule has 0 unspecified atom stereocenters. The van der Waals surface area contributed by atoms with Gasteiger partial charge in [-0.25, -0.2) is 4.68 Å². The van der Waals surface area contributed by atoms with Gasteiger partial charge in [0.05, 0.1) is 18.7 Å². The van der Waals surface area contributed by atoms with Gasteiger partial charge in [0.15, 0.2) is 11.7 Å². The Balaban J connectivity index is 1.44. The van der Waals surface area contributed by atoms with Crippen LogP contribution >= 0.6 is 11.3 Å². The van der Waals surface area contributed by atoms with Gasteiger partial charge in [0.2, 0.25) is 0 Å². The van der Waals surface area contributed by atoms with E-state index < -0.39 is 30.1 Å². The lowest BCUT2D eigenvalue weighted by Crippen LogP contribution is -2.35. The van der Waals surface area contributed by atoms with Crippen molar-refractivity contribution in [1.29, 1.82) is 0 Å². The SMILES string of the molecule is COc1ccc([C@@H]2C[C@H](C(F)(F)F)n3nc(C(=O)Nc4sc5c(c4C(N)=O)CCCCC5)cc3N2)cc1. The van der Waals surface area contributed by atoms with E-state index in [-0.39, 0.29) is 23.5 Å². The topological polar surface area (TPSA) is 111 Å². The Morgan fingerprint density at radius 1 is 1.19 bits per heavy atom. The van der Waals surface area contributed by atoms with Crippen LogP contribution in [0.3, 0.4) is 0 Å². The van der Waals surface area contributed by atoms with Crippen molar-refractivity contribution < 1.29 is 27.5 Å². The molecule has 0 fully saturated rings. The Morgan fingerprint density at radius 3 is 2.59 bits per heavy atom. The first-order valence-electron chi connectivity index (χ1n) is 12.0. The molecule has 4 N–H and O–H groups in total. The highest BCUT2D eigenvalue weighted by atomic mass is 32.1. The second kappa shape index (κ2) is 9.73. The fourth-order valence-corrected chi connectivity index (χ4v) is 6.29. The highest BCUT2D eigenvalue weighted by Crippen LogP contribution is 2.44. The maximum Gasteiger partial charge on any atom is 0.410 e. The van der Waals surface area contributed by atoms with E-state index in [0.717, 1.165) is 40.8 Å². The average Bonchev–Trinajstić information content (AvgIpc) is 3.36. The van der Waals surface area contributed by atoms with Crippen molar-refractivity contribution in [3.63, 3.8) is 0 Å². The molecule has 2 amide bonds. The van der Waals surface area contributed by atoms with Crippen LogP contribution in [-0.2, 0) is 12.8 Å². The molecule has 8 nitrogen and oxygen atoms in total. The molecule has 0 bridgehead atoms. The van der Waals surface area contributed by atoms with E-state index in [0.29, 0.717) is 22.7 Å². The summed E-state index contributed by atoms with van der Waals surface area (Å²) >= 11 is 1.29. The zero-order chi connectivity index (χ0) is 26.3. The van der Waals surface area contributed by atoms with Gasteiger partial charge >= 0.3 is 6.18 Å². The standard InChI is InChI=1S/C25H26F3N5O3S/c1-36-14-9-7-13(8-10-14)16-11-19(25(26,27)28)33-20(30-16)12-17(32-33)23(35)31-24-21(22(29)34)15-5-3-2-4-6-18(15)37-24/h7-10,12,16,19,30H,2-6,11H2,1H3,(H2,29,34)(H,31,35)/t16-,19+/m0/s1. The molecule has 1 aromatic carbocycles. The highest BCUT2D eigenvalue weighted by Gasteiger charge is 2.47. The molecule has 196 valence electrons. The van der Waals surface area contributed by atoms with Gasteiger partial charge in [0, 0.05) is 17.4 Å². The van der Waals surface area contributed by atoms with Crippen LogP contribution in [0, 0.1) is 0 Å². The molecule has 0 radical (unpaired) electrons. The number of nitrogens with one attached hydrogen (secondary N) is 2. The lowest BCUT2D eigenvalue weighted by Gasteiger charge is -2.33. The zero-order valence-corrected chi connectivity index (χ0v) is 20.8. The number of alkyl halides is 3. The van der Waals surface area contributed by atoms with Crippen molar-refractivity contribution in [2.24, 2.45) is 5.73 Å². The summed E-state index contributed by atoms with van der Waals surface area (Å²) < 4.78 is 48.0. The molecule has 2 aromatic heterocycles. The van der Waals surface area contributed by atoms with Crippen molar-refractivity contribution >= 4 is 34.0 Å². The largest absolute Gasteiger partial charge is 0.497 e. The number of ether oxygens (including phenoxy) is 1. The van der Waals surface area contributed by atoms with Crippen LogP contribution in [0.2, 0.25) is 0 Å². The van der Waals surface area contributed by atoms with E-state index >= 15 is 0 Å². The molecule has 2 aliphatic rings. The number of anilines is 2. The average molecular weight is 534 g/mol. The number of thiophene rings is 1. The van der Waals surface area contributed by atoms with Gasteiger partial charge < -0.3 is 21.1 Å². The minimum absolute atomic E-state index is 0.0802. The van der Waals surface area contributed by atoms with Crippen molar-refractivity contribution in [3.05, 3.63) is 57.6 Å². The summed E-state index contributed by atoms with van der Waals surface area (Å²) in [5, 5.41) is 10.1. The molecule has 2 atom stereocenters. The van der Waals surface area contributed by atoms with Crippen LogP contribution in [0.15, 0.2) is 30.3 Å². The molecule has 5 rings (SSSR count). The number of carbonyl (C=O) groups is 2. The number of aryl methyl sites for hydroxylation is 1. The highest BCUT2D eigenvalue weighted by molar-refractivity contribution is 7.17. The predicted octanol–water partition coefficient (Wildman–Crippen LogP) is 5.23. The third kappa shape index (κ3) is 4.89. The number of benzene rings is 1. The van der Waals surface area contributed by atoms with E-state index in [1.807, 2.05) is 0 Å². The summed E-state index contributed by atoms with van der Waals surface area (Å²) in [7, 11) is 1.51. The number of fused-ring (bicyclic) bond motifs is 2. The third-order valence-corrected chi connectivity index (χ3v) is 8.04. The van der Waals surface area contributed by atoms with Crippen molar-refractivity contribution in [1.82, 2.24) is 9.78 Å². The van der Waals surface area contributed by atoms with E-state index in [1.165, 1.54) is 24.5 Å². The summed E-state index contributed by atoms with van der Waals surface area (Å²) in [6, 6.07) is 5.51. The first-order valence-corrected chi connectivity index (χ1v) is 12.8. The lowest BCUT2D eigenvalue weighted by molar-refractivity contribution is -0.173. The zero-order valence-electron chi connectivity index (χ0n) is 20.0. The number of nitrogens with zero attached hydrogens (tertiary/aromatic N) is 2. The van der Waals surface area contributed by atoms with Gasteiger partial charge in [-0.2, -0.15) is 18.3 Å². The number of aromatic nitrogens is 2. The molecule has 0 saturated carbocycles. The minimum atomic E-state index is -4.58. The van der Waals surface area contributed by atoms with E-state index in [9.17, 15) is 22.8 Å². The Hall–Kier alpha value is -3.54. The Morgan fingerprint density at radius 2 is 1.92 bits per heavy atom. The van der Waals surface area contributed by atoms with Gasteiger partial charge in [0.1, 0.15) is 16.6 Å². The van der Waals surface area contributed by atoms with Crippen LogP contribution < -0.4 is 21.1 Å². The molecular formula is C25H26F3N5O3S. The summed E-state index contributed by atoms with van der Waals surface area (Å²) in [5.41, 5.74) is 7.24.